The molecule has 1 saturated heterocycles. The Bertz CT molecular complexity index is 623. The van der Waals surface area contributed by atoms with Crippen molar-refractivity contribution in [3.05, 3.63) is 71.8 Å². The highest BCUT2D eigenvalue weighted by Crippen LogP contribution is 2.43. The van der Waals surface area contributed by atoms with Crippen LogP contribution in [0.2, 0.25) is 0 Å². The van der Waals surface area contributed by atoms with Crippen LogP contribution < -0.4 is 0 Å². The molecule has 0 aliphatic carbocycles. The summed E-state index contributed by atoms with van der Waals surface area (Å²) in [6.07, 6.45) is 1.51. The summed E-state index contributed by atoms with van der Waals surface area (Å²) in [5.41, 5.74) is 2.47. The second-order valence-electron chi connectivity index (χ2n) is 6.13. The molecule has 0 amide bonds. The molecule has 1 aliphatic heterocycles. The van der Waals surface area contributed by atoms with E-state index < -0.39 is 0 Å². The minimum absolute atomic E-state index is 0.0902. The quantitative estimate of drug-likeness (QED) is 0.836. The number of hydrogen-bond acceptors (Lipinski definition) is 2. The highest BCUT2D eigenvalue weighted by Gasteiger charge is 2.40. The second-order valence-corrected chi connectivity index (χ2v) is 6.13. The fraction of sp³-hybridized carbons (Fsp3) is 0.350. The molecule has 1 aliphatic rings. The van der Waals surface area contributed by atoms with E-state index in [1.807, 2.05) is 12.1 Å². The van der Waals surface area contributed by atoms with E-state index in [4.69, 9.17) is 0 Å². The molecule has 2 heteroatoms. The van der Waals surface area contributed by atoms with Gasteiger partial charge in [-0.3, -0.25) is 9.69 Å². The molecule has 0 saturated carbocycles. The number of piperidine rings is 1. The number of nitrogens with zero attached hydrogens (tertiary/aromatic N) is 1. The molecule has 0 N–H and O–H groups in total. The predicted octanol–water partition coefficient (Wildman–Crippen LogP) is 4.40. The number of Topliss-reactive ketones (excluding diaryl/α,β-unsaturated/α-hetero) is 1. The number of ketones is 1. The first-order chi connectivity index (χ1) is 10.7. The average Bonchev–Trinajstić information content (AvgIpc) is 2.57. The lowest BCUT2D eigenvalue weighted by Gasteiger charge is -2.44. The first-order valence-corrected chi connectivity index (χ1v) is 8.07. The Morgan fingerprint density at radius 3 is 2.05 bits per heavy atom. The van der Waals surface area contributed by atoms with Crippen LogP contribution in [0.15, 0.2) is 60.7 Å². The molecule has 22 heavy (non-hydrogen) atoms. The average molecular weight is 293 g/mol. The first-order valence-electron chi connectivity index (χ1n) is 8.07. The number of carbonyl (C=O) groups excluding carboxylic acids is 1. The Balaban J connectivity index is 1.99. The molecule has 2 aromatic carbocycles. The summed E-state index contributed by atoms with van der Waals surface area (Å²) in [6, 6.07) is 21.2. The Morgan fingerprint density at radius 2 is 1.50 bits per heavy atom. The van der Waals surface area contributed by atoms with Gasteiger partial charge in [0, 0.05) is 24.4 Å². The summed E-state index contributed by atoms with van der Waals surface area (Å²) in [7, 11) is 2.16. The molecule has 0 spiro atoms. The van der Waals surface area contributed by atoms with E-state index in [0.717, 1.165) is 6.42 Å². The number of rotatable bonds is 3. The SMILES string of the molecule is CC[C@@H]1C(=O)C[C@@H](c2ccccc2)N(C)[C@H]1c1ccccc1. The van der Waals surface area contributed by atoms with Crippen LogP contribution in [0, 0.1) is 5.92 Å². The maximum Gasteiger partial charge on any atom is 0.139 e. The van der Waals surface area contributed by atoms with Gasteiger partial charge in [-0.25, -0.2) is 0 Å². The van der Waals surface area contributed by atoms with Crippen LogP contribution >= 0.6 is 0 Å². The minimum atomic E-state index is 0.0902. The zero-order chi connectivity index (χ0) is 15.5. The second kappa shape index (κ2) is 6.45. The fourth-order valence-corrected chi connectivity index (χ4v) is 3.74. The third-order valence-corrected chi connectivity index (χ3v) is 4.88. The van der Waals surface area contributed by atoms with Gasteiger partial charge in [0.15, 0.2) is 0 Å². The summed E-state index contributed by atoms with van der Waals surface area (Å²) in [5, 5.41) is 0. The standard InChI is InChI=1S/C20H23NO/c1-3-17-19(22)14-18(15-10-6-4-7-11-15)21(2)20(17)16-12-8-5-9-13-16/h4-13,17-18,20H,3,14H2,1-2H3/t17-,18+,20+/m1/s1. The molecule has 1 heterocycles. The monoisotopic (exact) mass is 293 g/mol. The molecule has 3 atom stereocenters. The normalized spacial score (nSPS) is 26.1. The Morgan fingerprint density at radius 1 is 0.955 bits per heavy atom. The third-order valence-electron chi connectivity index (χ3n) is 4.88. The van der Waals surface area contributed by atoms with Crippen molar-refractivity contribution in [1.29, 1.82) is 0 Å². The van der Waals surface area contributed by atoms with Crippen LogP contribution in [-0.4, -0.2) is 17.7 Å². The van der Waals surface area contributed by atoms with Gasteiger partial charge in [0.25, 0.3) is 0 Å². The van der Waals surface area contributed by atoms with Crippen molar-refractivity contribution in [3.63, 3.8) is 0 Å². The minimum Gasteiger partial charge on any atom is -0.299 e. The smallest absolute Gasteiger partial charge is 0.139 e. The van der Waals surface area contributed by atoms with Crippen molar-refractivity contribution in [2.75, 3.05) is 7.05 Å². The van der Waals surface area contributed by atoms with E-state index in [2.05, 4.69) is 67.4 Å². The van der Waals surface area contributed by atoms with Gasteiger partial charge in [0.1, 0.15) is 5.78 Å². The van der Waals surface area contributed by atoms with Gasteiger partial charge in [0.2, 0.25) is 0 Å². The molecule has 2 nitrogen and oxygen atoms in total. The molecule has 114 valence electrons. The molecule has 2 aromatic rings. The van der Waals surface area contributed by atoms with Crippen LogP contribution in [0.1, 0.15) is 43.0 Å². The van der Waals surface area contributed by atoms with Gasteiger partial charge in [-0.15, -0.1) is 0 Å². The molecule has 0 aromatic heterocycles. The van der Waals surface area contributed by atoms with Crippen LogP contribution in [0.4, 0.5) is 0 Å². The van der Waals surface area contributed by atoms with Gasteiger partial charge in [-0.2, -0.15) is 0 Å². The maximum atomic E-state index is 12.7. The van der Waals surface area contributed by atoms with Crippen molar-refractivity contribution in [2.24, 2.45) is 5.92 Å². The lowest BCUT2D eigenvalue weighted by atomic mass is 9.78. The van der Waals surface area contributed by atoms with Crippen LogP contribution in [0.25, 0.3) is 0 Å². The molecular formula is C20H23NO. The van der Waals surface area contributed by atoms with Gasteiger partial charge in [-0.1, -0.05) is 67.6 Å². The van der Waals surface area contributed by atoms with E-state index in [-0.39, 0.29) is 18.0 Å². The third kappa shape index (κ3) is 2.71. The zero-order valence-corrected chi connectivity index (χ0v) is 13.3. The maximum absolute atomic E-state index is 12.7. The lowest BCUT2D eigenvalue weighted by molar-refractivity contribution is -0.131. The summed E-state index contributed by atoms with van der Waals surface area (Å²) in [6.45, 7) is 2.12. The fourth-order valence-electron chi connectivity index (χ4n) is 3.74. The van der Waals surface area contributed by atoms with Crippen molar-refractivity contribution < 1.29 is 4.79 Å². The topological polar surface area (TPSA) is 20.3 Å². The summed E-state index contributed by atoms with van der Waals surface area (Å²) >= 11 is 0. The van der Waals surface area contributed by atoms with Gasteiger partial charge < -0.3 is 0 Å². The van der Waals surface area contributed by atoms with Crippen LogP contribution in [-0.2, 0) is 4.79 Å². The predicted molar refractivity (Wildman–Crippen MR) is 89.5 cm³/mol. The lowest BCUT2D eigenvalue weighted by Crippen LogP contribution is -2.43. The number of benzene rings is 2. The van der Waals surface area contributed by atoms with Crippen molar-refractivity contribution in [3.8, 4) is 0 Å². The first kappa shape index (κ1) is 15.0. The molecular weight excluding hydrogens is 270 g/mol. The van der Waals surface area contributed by atoms with Crippen LogP contribution in [0.3, 0.4) is 0 Å². The van der Waals surface area contributed by atoms with Crippen molar-refractivity contribution in [1.82, 2.24) is 4.90 Å². The van der Waals surface area contributed by atoms with E-state index >= 15 is 0 Å². The molecule has 0 unspecified atom stereocenters. The summed E-state index contributed by atoms with van der Waals surface area (Å²) in [5.74, 6) is 0.482. The molecule has 0 bridgehead atoms. The van der Waals surface area contributed by atoms with Gasteiger partial charge in [-0.05, 0) is 24.6 Å². The Labute approximate surface area is 132 Å². The summed E-state index contributed by atoms with van der Waals surface area (Å²) in [4.78, 5) is 15.1. The van der Waals surface area contributed by atoms with Gasteiger partial charge in [0.05, 0.1) is 0 Å². The highest BCUT2D eigenvalue weighted by molar-refractivity contribution is 5.83. The number of carbonyl (C=O) groups is 1. The van der Waals surface area contributed by atoms with E-state index in [1.165, 1.54) is 11.1 Å². The number of likely N-dealkylation sites (tertiary alicyclic amines) is 1. The van der Waals surface area contributed by atoms with Crippen molar-refractivity contribution >= 4 is 5.78 Å². The highest BCUT2D eigenvalue weighted by atomic mass is 16.1. The van der Waals surface area contributed by atoms with E-state index in [9.17, 15) is 4.79 Å². The Hall–Kier alpha value is -1.93. The molecule has 3 rings (SSSR count). The van der Waals surface area contributed by atoms with Crippen molar-refractivity contribution in [2.45, 2.75) is 31.8 Å². The van der Waals surface area contributed by atoms with E-state index in [1.54, 1.807) is 0 Å². The van der Waals surface area contributed by atoms with E-state index in [0.29, 0.717) is 12.2 Å². The zero-order valence-electron chi connectivity index (χ0n) is 13.3. The number of hydrogen-bond donors (Lipinski definition) is 0. The van der Waals surface area contributed by atoms with Gasteiger partial charge >= 0.3 is 0 Å². The summed E-state index contributed by atoms with van der Waals surface area (Å²) < 4.78 is 0. The molecule has 1 fully saturated rings. The van der Waals surface area contributed by atoms with Crippen LogP contribution in [0.5, 0.6) is 0 Å². The molecule has 0 radical (unpaired) electrons. The Kier molecular flexibility index (Phi) is 4.39. The largest absolute Gasteiger partial charge is 0.299 e.